The van der Waals surface area contributed by atoms with E-state index in [0.29, 0.717) is 26.3 Å². The highest BCUT2D eigenvalue weighted by Gasteiger charge is 2.15. The van der Waals surface area contributed by atoms with Gasteiger partial charge in [-0.1, -0.05) is 24.3 Å². The number of amides is 1. The third-order valence-electron chi connectivity index (χ3n) is 3.99. The summed E-state index contributed by atoms with van der Waals surface area (Å²) in [6.45, 7) is 1.99. The van der Waals surface area contributed by atoms with E-state index in [1.54, 1.807) is 12.1 Å². The molecule has 0 saturated carbocycles. The number of aromatic nitrogens is 1. The Kier molecular flexibility index (Phi) is 4.00. The summed E-state index contributed by atoms with van der Waals surface area (Å²) in [7, 11) is 0. The molecule has 1 N–H and O–H groups in total. The summed E-state index contributed by atoms with van der Waals surface area (Å²) < 4.78 is 19.5. The van der Waals surface area contributed by atoms with Gasteiger partial charge in [-0.05, 0) is 42.3 Å². The van der Waals surface area contributed by atoms with Crippen LogP contribution in [-0.4, -0.2) is 10.9 Å². The number of anilines is 1. The lowest BCUT2D eigenvalue weighted by Crippen LogP contribution is -2.14. The molecule has 2 aromatic carbocycles. The van der Waals surface area contributed by atoms with Gasteiger partial charge in [0.05, 0.1) is 15.6 Å². The molecule has 26 heavy (non-hydrogen) atoms. The molecule has 0 bridgehead atoms. The molecule has 5 nitrogen and oxygen atoms in total. The van der Waals surface area contributed by atoms with Gasteiger partial charge < -0.3 is 4.42 Å². The fraction of sp³-hybridized carbons (Fsp3) is 0.105. The van der Waals surface area contributed by atoms with Crippen LogP contribution in [0.25, 0.3) is 21.2 Å². The second-order valence-electron chi connectivity index (χ2n) is 5.74. The molecule has 2 aromatic heterocycles. The number of aryl methyl sites for hydroxylation is 1. The summed E-state index contributed by atoms with van der Waals surface area (Å²) in [6, 6.07) is 10.7. The molecule has 0 unspecified atom stereocenters. The monoisotopic (exact) mass is 368 g/mol. The minimum atomic E-state index is -0.580. The maximum Gasteiger partial charge on any atom is 0.293 e. The molecule has 2 heterocycles. The second kappa shape index (κ2) is 6.34. The van der Waals surface area contributed by atoms with Crippen LogP contribution in [-0.2, 0) is 6.42 Å². The van der Waals surface area contributed by atoms with Crippen molar-refractivity contribution in [3.05, 3.63) is 69.8 Å². The van der Waals surface area contributed by atoms with E-state index in [1.807, 2.05) is 13.0 Å². The molecule has 130 valence electrons. The van der Waals surface area contributed by atoms with Crippen molar-refractivity contribution in [2.75, 3.05) is 5.32 Å². The van der Waals surface area contributed by atoms with Gasteiger partial charge in [0, 0.05) is 6.07 Å². The molecule has 0 aliphatic heterocycles. The molecule has 1 amide bonds. The summed E-state index contributed by atoms with van der Waals surface area (Å²) in [5, 5.41) is 3.34. The van der Waals surface area contributed by atoms with Gasteiger partial charge in [-0.15, -0.1) is 0 Å². The third-order valence-corrected chi connectivity index (χ3v) is 4.93. The summed E-state index contributed by atoms with van der Waals surface area (Å²) in [6.07, 6.45) is 0.801. The first-order chi connectivity index (χ1) is 12.5. The number of thiazole rings is 1. The molecular weight excluding hydrogens is 355 g/mol. The number of hydrogen-bond donors (Lipinski definition) is 1. The first-order valence-electron chi connectivity index (χ1n) is 7.98. The van der Waals surface area contributed by atoms with Gasteiger partial charge in [0.25, 0.3) is 5.91 Å². The van der Waals surface area contributed by atoms with Crippen LogP contribution in [0.4, 0.5) is 9.52 Å². The molecular formula is C19H13FN2O3S. The van der Waals surface area contributed by atoms with Crippen LogP contribution in [0, 0.1) is 5.82 Å². The zero-order chi connectivity index (χ0) is 18.3. The number of nitrogens with zero attached hydrogens (tertiary/aromatic N) is 1. The number of benzene rings is 2. The molecule has 0 spiro atoms. The number of hydrogen-bond acceptors (Lipinski definition) is 5. The van der Waals surface area contributed by atoms with Gasteiger partial charge in [-0.3, -0.25) is 14.9 Å². The normalized spacial score (nSPS) is 11.2. The Bertz CT molecular complexity index is 1210. The van der Waals surface area contributed by atoms with E-state index < -0.39 is 5.91 Å². The van der Waals surface area contributed by atoms with E-state index in [2.05, 4.69) is 10.3 Å². The summed E-state index contributed by atoms with van der Waals surface area (Å²) in [5.41, 5.74) is 1.67. The number of carbonyl (C=O) groups excluding carboxylic acids is 1. The minimum Gasteiger partial charge on any atom is -0.451 e. The van der Waals surface area contributed by atoms with Gasteiger partial charge in [0.2, 0.25) is 0 Å². The highest BCUT2D eigenvalue weighted by atomic mass is 32.1. The van der Waals surface area contributed by atoms with Gasteiger partial charge in [-0.2, -0.15) is 0 Å². The average Bonchev–Trinajstić information content (AvgIpc) is 3.02. The van der Waals surface area contributed by atoms with E-state index in [4.69, 9.17) is 4.42 Å². The van der Waals surface area contributed by atoms with Crippen molar-refractivity contribution in [2.24, 2.45) is 0 Å². The maximum absolute atomic E-state index is 13.3. The van der Waals surface area contributed by atoms with Crippen molar-refractivity contribution in [1.29, 1.82) is 0 Å². The van der Waals surface area contributed by atoms with Gasteiger partial charge in [0.1, 0.15) is 11.4 Å². The zero-order valence-electron chi connectivity index (χ0n) is 13.7. The summed E-state index contributed by atoms with van der Waals surface area (Å²) in [4.78, 5) is 29.0. The molecule has 0 atom stereocenters. The molecule has 4 rings (SSSR count). The van der Waals surface area contributed by atoms with Crippen molar-refractivity contribution >= 4 is 43.6 Å². The minimum absolute atomic E-state index is 0.0998. The van der Waals surface area contributed by atoms with E-state index in [9.17, 15) is 14.0 Å². The topological polar surface area (TPSA) is 72.2 Å². The number of halogens is 1. The molecule has 0 aliphatic carbocycles. The van der Waals surface area contributed by atoms with Crippen molar-refractivity contribution in [3.8, 4) is 0 Å². The maximum atomic E-state index is 13.3. The molecule has 0 aliphatic rings. The van der Waals surface area contributed by atoms with E-state index in [-0.39, 0.29) is 17.0 Å². The number of carbonyl (C=O) groups is 1. The zero-order valence-corrected chi connectivity index (χ0v) is 14.5. The lowest BCUT2D eigenvalue weighted by atomic mass is 10.1. The predicted molar refractivity (Wildman–Crippen MR) is 99.4 cm³/mol. The first kappa shape index (κ1) is 16.4. The SMILES string of the molecule is CCc1ccc2oc(C(=O)Nc3nc4ccc(F)cc4s3)cc(=O)c2c1. The van der Waals surface area contributed by atoms with Crippen LogP contribution in [0.1, 0.15) is 23.0 Å². The standard InChI is InChI=1S/C19H13FN2O3S/c1-2-10-3-6-15-12(7-10)14(23)9-16(25-15)18(24)22-19-21-13-5-4-11(20)8-17(13)26-19/h3-9H,2H2,1H3,(H,21,22,24). The van der Waals surface area contributed by atoms with Gasteiger partial charge in [0.15, 0.2) is 16.3 Å². The van der Waals surface area contributed by atoms with Crippen LogP contribution in [0.5, 0.6) is 0 Å². The van der Waals surface area contributed by atoms with Gasteiger partial charge in [-0.25, -0.2) is 9.37 Å². The van der Waals surface area contributed by atoms with Crippen LogP contribution in [0.2, 0.25) is 0 Å². The molecule has 7 heteroatoms. The number of nitrogens with one attached hydrogen (secondary N) is 1. The fourth-order valence-corrected chi connectivity index (χ4v) is 3.53. The predicted octanol–water partition coefficient (Wildman–Crippen LogP) is 4.36. The van der Waals surface area contributed by atoms with Gasteiger partial charge >= 0.3 is 0 Å². The molecule has 0 saturated heterocycles. The van der Waals surface area contributed by atoms with Crippen LogP contribution in [0.15, 0.2) is 51.7 Å². The number of fused-ring (bicyclic) bond motifs is 2. The Morgan fingerprint density at radius 1 is 1.23 bits per heavy atom. The first-order valence-corrected chi connectivity index (χ1v) is 8.79. The molecule has 0 radical (unpaired) electrons. The van der Waals surface area contributed by atoms with E-state index in [1.165, 1.54) is 24.3 Å². The molecule has 4 aromatic rings. The smallest absolute Gasteiger partial charge is 0.293 e. The van der Waals surface area contributed by atoms with Crippen LogP contribution >= 0.6 is 11.3 Å². The highest BCUT2D eigenvalue weighted by Crippen LogP contribution is 2.27. The van der Waals surface area contributed by atoms with E-state index >= 15 is 0 Å². The third kappa shape index (κ3) is 2.97. The number of rotatable bonds is 3. The Balaban J connectivity index is 1.67. The average molecular weight is 368 g/mol. The Morgan fingerprint density at radius 2 is 2.08 bits per heavy atom. The summed E-state index contributed by atoms with van der Waals surface area (Å²) >= 11 is 1.14. The van der Waals surface area contributed by atoms with Crippen LogP contribution in [0.3, 0.4) is 0 Å². The van der Waals surface area contributed by atoms with Crippen molar-refractivity contribution in [2.45, 2.75) is 13.3 Å². The fourth-order valence-electron chi connectivity index (χ4n) is 2.65. The second-order valence-corrected chi connectivity index (χ2v) is 6.77. The Morgan fingerprint density at radius 3 is 2.88 bits per heavy atom. The van der Waals surface area contributed by atoms with Crippen molar-refractivity contribution < 1.29 is 13.6 Å². The Hall–Kier alpha value is -3.06. The van der Waals surface area contributed by atoms with Crippen molar-refractivity contribution in [1.82, 2.24) is 4.98 Å². The lowest BCUT2D eigenvalue weighted by Gasteiger charge is -2.04. The molecule has 0 fully saturated rings. The summed E-state index contributed by atoms with van der Waals surface area (Å²) in [5.74, 6) is -1.05. The Labute approximate surface area is 151 Å². The highest BCUT2D eigenvalue weighted by molar-refractivity contribution is 7.22. The largest absolute Gasteiger partial charge is 0.451 e. The quantitative estimate of drug-likeness (QED) is 0.583. The van der Waals surface area contributed by atoms with Crippen molar-refractivity contribution in [3.63, 3.8) is 0 Å². The van der Waals surface area contributed by atoms with E-state index in [0.717, 1.165) is 23.3 Å². The lowest BCUT2D eigenvalue weighted by molar-refractivity contribution is 0.0997. The van der Waals surface area contributed by atoms with Crippen LogP contribution < -0.4 is 10.7 Å².